The number of carbonyl (C=O) groups is 1. The van der Waals surface area contributed by atoms with Crippen LogP contribution < -0.4 is 9.64 Å². The number of rotatable bonds is 6. The number of hydrogen-bond donors (Lipinski definition) is 1. The van der Waals surface area contributed by atoms with Crippen molar-refractivity contribution in [2.24, 2.45) is 5.92 Å². The van der Waals surface area contributed by atoms with Crippen LogP contribution in [0.5, 0.6) is 5.88 Å². The maximum atomic E-state index is 16.4. The number of carboxylic acids is 1. The van der Waals surface area contributed by atoms with Gasteiger partial charge in [0.2, 0.25) is 5.88 Å². The molecule has 6 rings (SSSR count). The Labute approximate surface area is 232 Å². The summed E-state index contributed by atoms with van der Waals surface area (Å²) in [4.78, 5) is 26.1. The molecule has 0 aliphatic carbocycles. The summed E-state index contributed by atoms with van der Waals surface area (Å²) in [5.41, 5.74) is -0.681. The summed E-state index contributed by atoms with van der Waals surface area (Å²) in [6.07, 6.45) is 3.14. The van der Waals surface area contributed by atoms with E-state index in [1.54, 1.807) is 31.2 Å². The summed E-state index contributed by atoms with van der Waals surface area (Å²) < 4.78 is 61.6. The lowest BCUT2D eigenvalue weighted by atomic mass is 9.80. The van der Waals surface area contributed by atoms with E-state index < -0.39 is 42.0 Å². The highest BCUT2D eigenvalue weighted by atomic mass is 19.3. The molecule has 2 fully saturated rings. The molecule has 4 atom stereocenters. The number of hydrogen-bond acceptors (Lipinski definition) is 8. The number of terminal acetylenes is 1. The van der Waals surface area contributed by atoms with Crippen molar-refractivity contribution in [2.75, 3.05) is 24.7 Å². The molecule has 212 valence electrons. The summed E-state index contributed by atoms with van der Waals surface area (Å²) >= 11 is 0. The average molecular weight is 567 g/mol. The number of fused-ring (bicyclic) bond motifs is 3. The number of anilines is 1. The van der Waals surface area contributed by atoms with E-state index in [0.29, 0.717) is 16.5 Å². The molecule has 1 N–H and O–H groups in total. The normalized spacial score (nSPS) is 24.7. The number of furan rings is 1. The predicted molar refractivity (Wildman–Crippen MR) is 142 cm³/mol. The molecule has 3 aromatic heterocycles. The number of ether oxygens (including phenoxy) is 2. The van der Waals surface area contributed by atoms with Gasteiger partial charge >= 0.3 is 5.97 Å². The molecule has 1 aromatic carbocycles. The second kappa shape index (κ2) is 10.2. The second-order valence-corrected chi connectivity index (χ2v) is 10.3. The SMILES string of the molecule is C#Cc1cnc(O[C@H]2C[C@@H](C(=O)O)N(c3nc(C(F)F)nc4c3oc3ccccc34)C2)c([C@]2(F)CCOC[C@@H]2C)c1. The van der Waals surface area contributed by atoms with Crippen molar-refractivity contribution in [1.29, 1.82) is 0 Å². The molecular formula is C29H25F3N4O5. The van der Waals surface area contributed by atoms with Crippen LogP contribution in [0.1, 0.15) is 43.1 Å². The molecule has 2 saturated heterocycles. The number of pyridine rings is 1. The van der Waals surface area contributed by atoms with E-state index in [0.717, 1.165) is 0 Å². The molecule has 12 heteroatoms. The average Bonchev–Trinajstić information content (AvgIpc) is 3.56. The Balaban J connectivity index is 1.40. The van der Waals surface area contributed by atoms with Gasteiger partial charge in [0, 0.05) is 42.5 Å². The lowest BCUT2D eigenvalue weighted by Gasteiger charge is -2.36. The zero-order chi connectivity index (χ0) is 28.9. The minimum absolute atomic E-state index is 0.0129. The standard InChI is InChI=1S/C29H25F3N4O5/c1-3-16-10-19(29(32)8-9-39-14-15(29)2)27(33-12-16)40-17-11-20(28(37)38)36(13-17)26-23-22(34-25(35-26)24(30)31)18-6-4-5-7-21(18)41-23/h1,4-7,10,12,15,17,20,24H,8-9,11,13-14H2,2H3,(H,37,38)/t15-,17-,20-,29-/m0/s1. The first kappa shape index (κ1) is 26.8. The van der Waals surface area contributed by atoms with E-state index in [4.69, 9.17) is 20.3 Å². The van der Waals surface area contributed by atoms with Crippen molar-refractivity contribution in [3.63, 3.8) is 0 Å². The molecule has 0 amide bonds. The number of para-hydroxylation sites is 1. The highest BCUT2D eigenvalue weighted by Crippen LogP contribution is 2.45. The Hall–Kier alpha value is -4.37. The molecular weight excluding hydrogens is 541 g/mol. The lowest BCUT2D eigenvalue weighted by molar-refractivity contribution is -0.138. The molecule has 5 heterocycles. The number of carboxylic acid groups (broad SMARTS) is 1. The van der Waals surface area contributed by atoms with Crippen molar-refractivity contribution in [2.45, 2.75) is 44.0 Å². The fourth-order valence-electron chi connectivity index (χ4n) is 5.58. The Morgan fingerprint density at radius 3 is 2.85 bits per heavy atom. The third kappa shape index (κ3) is 4.60. The molecule has 9 nitrogen and oxygen atoms in total. The molecule has 0 saturated carbocycles. The quantitative estimate of drug-likeness (QED) is 0.322. The number of benzene rings is 1. The largest absolute Gasteiger partial charge is 0.480 e. The van der Waals surface area contributed by atoms with Gasteiger partial charge in [-0.3, -0.25) is 0 Å². The number of alkyl halides is 3. The molecule has 0 bridgehead atoms. The van der Waals surface area contributed by atoms with Crippen LogP contribution in [0.4, 0.5) is 19.0 Å². The lowest BCUT2D eigenvalue weighted by Crippen LogP contribution is -2.38. The van der Waals surface area contributed by atoms with Crippen LogP contribution in [0.3, 0.4) is 0 Å². The van der Waals surface area contributed by atoms with Crippen molar-refractivity contribution in [1.82, 2.24) is 15.0 Å². The molecule has 0 unspecified atom stereocenters. The van der Waals surface area contributed by atoms with E-state index in [-0.39, 0.29) is 61.0 Å². The van der Waals surface area contributed by atoms with Gasteiger partial charge in [-0.2, -0.15) is 0 Å². The maximum absolute atomic E-state index is 16.4. The van der Waals surface area contributed by atoms with E-state index in [2.05, 4.69) is 20.9 Å². The van der Waals surface area contributed by atoms with Gasteiger partial charge in [0.25, 0.3) is 6.43 Å². The zero-order valence-corrected chi connectivity index (χ0v) is 21.9. The Bertz CT molecular complexity index is 1690. The zero-order valence-electron chi connectivity index (χ0n) is 21.9. The molecule has 2 aliphatic heterocycles. The van der Waals surface area contributed by atoms with Gasteiger partial charge in [0.15, 0.2) is 17.2 Å². The minimum Gasteiger partial charge on any atom is -0.480 e. The third-order valence-electron chi connectivity index (χ3n) is 7.74. The van der Waals surface area contributed by atoms with Gasteiger partial charge in [-0.25, -0.2) is 32.9 Å². The van der Waals surface area contributed by atoms with E-state index in [9.17, 15) is 18.7 Å². The summed E-state index contributed by atoms with van der Waals surface area (Å²) in [6, 6.07) is 7.08. The van der Waals surface area contributed by atoms with E-state index in [1.165, 1.54) is 17.2 Å². The summed E-state index contributed by atoms with van der Waals surface area (Å²) in [7, 11) is 0. The molecule has 0 radical (unpaired) electrons. The van der Waals surface area contributed by atoms with Crippen LogP contribution in [0.15, 0.2) is 40.9 Å². The highest BCUT2D eigenvalue weighted by Gasteiger charge is 2.46. The van der Waals surface area contributed by atoms with Crippen LogP contribution in [-0.4, -0.2) is 57.9 Å². The first-order valence-electron chi connectivity index (χ1n) is 13.1. The van der Waals surface area contributed by atoms with Crippen molar-refractivity contribution < 1.29 is 37.0 Å². The summed E-state index contributed by atoms with van der Waals surface area (Å²) in [5, 5.41) is 10.6. The first-order chi connectivity index (χ1) is 19.7. The summed E-state index contributed by atoms with van der Waals surface area (Å²) in [6.45, 7) is 2.05. The Morgan fingerprint density at radius 1 is 1.32 bits per heavy atom. The van der Waals surface area contributed by atoms with Crippen LogP contribution >= 0.6 is 0 Å². The Kier molecular flexibility index (Phi) is 6.69. The number of nitrogens with zero attached hydrogens (tertiary/aromatic N) is 4. The van der Waals surface area contributed by atoms with E-state index in [1.807, 2.05) is 0 Å². The van der Waals surface area contributed by atoms with Gasteiger partial charge in [0.05, 0.1) is 18.7 Å². The molecule has 0 spiro atoms. The fourth-order valence-corrected chi connectivity index (χ4v) is 5.58. The predicted octanol–water partition coefficient (Wildman–Crippen LogP) is 5.02. The van der Waals surface area contributed by atoms with Gasteiger partial charge in [0.1, 0.15) is 28.9 Å². The Morgan fingerprint density at radius 2 is 2.12 bits per heavy atom. The number of aromatic nitrogens is 3. The van der Waals surface area contributed by atoms with Gasteiger partial charge in [-0.1, -0.05) is 25.0 Å². The monoisotopic (exact) mass is 566 g/mol. The fraction of sp³-hybridized carbons (Fsp3) is 0.379. The topological polar surface area (TPSA) is 111 Å². The van der Waals surface area contributed by atoms with Crippen molar-refractivity contribution in [3.05, 3.63) is 53.5 Å². The molecule has 2 aliphatic rings. The first-order valence-corrected chi connectivity index (χ1v) is 13.1. The second-order valence-electron chi connectivity index (χ2n) is 10.3. The van der Waals surface area contributed by atoms with Gasteiger partial charge in [-0.15, -0.1) is 6.42 Å². The van der Waals surface area contributed by atoms with Crippen LogP contribution in [0, 0.1) is 18.3 Å². The minimum atomic E-state index is -3.01. The van der Waals surface area contributed by atoms with Crippen LogP contribution in [0.25, 0.3) is 22.1 Å². The van der Waals surface area contributed by atoms with Gasteiger partial charge < -0.3 is 23.9 Å². The third-order valence-corrected chi connectivity index (χ3v) is 7.74. The highest BCUT2D eigenvalue weighted by molar-refractivity contribution is 6.06. The van der Waals surface area contributed by atoms with Crippen LogP contribution in [0.2, 0.25) is 0 Å². The van der Waals surface area contributed by atoms with Crippen molar-refractivity contribution >= 4 is 33.9 Å². The molecule has 41 heavy (non-hydrogen) atoms. The summed E-state index contributed by atoms with van der Waals surface area (Å²) in [5.74, 6) is -0.123. The van der Waals surface area contributed by atoms with Crippen molar-refractivity contribution in [3.8, 4) is 18.2 Å². The maximum Gasteiger partial charge on any atom is 0.326 e. The number of aliphatic carboxylic acids is 1. The van der Waals surface area contributed by atoms with Crippen LogP contribution in [-0.2, 0) is 15.2 Å². The number of halogens is 3. The van der Waals surface area contributed by atoms with Gasteiger partial charge in [-0.05, 0) is 18.2 Å². The molecule has 4 aromatic rings. The van der Waals surface area contributed by atoms with E-state index >= 15 is 4.39 Å². The smallest absolute Gasteiger partial charge is 0.326 e.